The molecule has 7 heteroatoms. The quantitative estimate of drug-likeness (QED) is 0.661. The Balaban J connectivity index is 1.45. The Morgan fingerprint density at radius 3 is 2.26 bits per heavy atom. The van der Waals surface area contributed by atoms with Gasteiger partial charge >= 0.3 is 0 Å². The first kappa shape index (κ1) is 20.6. The van der Waals surface area contributed by atoms with Crippen molar-refractivity contribution < 1.29 is 14.3 Å². The van der Waals surface area contributed by atoms with Gasteiger partial charge in [-0.1, -0.05) is 12.1 Å². The van der Waals surface area contributed by atoms with E-state index in [-0.39, 0.29) is 11.8 Å². The zero-order chi connectivity index (χ0) is 21.6. The summed E-state index contributed by atoms with van der Waals surface area (Å²) in [6, 6.07) is 18.5. The van der Waals surface area contributed by atoms with Gasteiger partial charge in [-0.25, -0.2) is 4.98 Å². The maximum atomic E-state index is 12.7. The molecule has 0 unspecified atom stereocenters. The fraction of sp³-hybridized carbons (Fsp3) is 0.208. The number of anilines is 3. The molecule has 31 heavy (non-hydrogen) atoms. The normalized spacial score (nSPS) is 13.5. The lowest BCUT2D eigenvalue weighted by molar-refractivity contribution is -0.114. The predicted octanol–water partition coefficient (Wildman–Crippen LogP) is 3.80. The number of aromatic nitrogens is 1. The van der Waals surface area contributed by atoms with E-state index in [9.17, 15) is 9.59 Å². The average molecular weight is 416 g/mol. The lowest BCUT2D eigenvalue weighted by Gasteiger charge is -2.27. The predicted molar refractivity (Wildman–Crippen MR) is 121 cm³/mol. The molecule has 2 N–H and O–H groups in total. The highest BCUT2D eigenvalue weighted by atomic mass is 16.5. The molecule has 2 aromatic carbocycles. The van der Waals surface area contributed by atoms with Gasteiger partial charge in [0, 0.05) is 48.7 Å². The van der Waals surface area contributed by atoms with E-state index in [1.54, 1.807) is 30.3 Å². The van der Waals surface area contributed by atoms with Gasteiger partial charge in [-0.05, 0) is 54.1 Å². The SMILES string of the molecule is CC(=O)Nc1ccc(NC(=O)c2cccc(-c3ccc(N4CCOCC4)nc3)c2)cc1. The van der Waals surface area contributed by atoms with Crippen LogP contribution in [0.2, 0.25) is 0 Å². The smallest absolute Gasteiger partial charge is 0.255 e. The highest BCUT2D eigenvalue weighted by Gasteiger charge is 2.13. The van der Waals surface area contributed by atoms with E-state index in [0.29, 0.717) is 16.9 Å². The molecule has 0 bridgehead atoms. The Morgan fingerprint density at radius 1 is 0.903 bits per heavy atom. The van der Waals surface area contributed by atoms with E-state index in [1.807, 2.05) is 36.5 Å². The summed E-state index contributed by atoms with van der Waals surface area (Å²) in [6.07, 6.45) is 1.84. The van der Waals surface area contributed by atoms with E-state index in [4.69, 9.17) is 4.74 Å². The first-order valence-corrected chi connectivity index (χ1v) is 10.2. The van der Waals surface area contributed by atoms with Crippen molar-refractivity contribution in [1.29, 1.82) is 0 Å². The molecule has 2 heterocycles. The van der Waals surface area contributed by atoms with Gasteiger partial charge in [-0.3, -0.25) is 9.59 Å². The second-order valence-electron chi connectivity index (χ2n) is 7.30. The van der Waals surface area contributed by atoms with Gasteiger partial charge in [0.2, 0.25) is 5.91 Å². The molecule has 1 aromatic heterocycles. The number of carbonyl (C=O) groups excluding carboxylic acids is 2. The third-order valence-corrected chi connectivity index (χ3v) is 5.00. The van der Waals surface area contributed by atoms with Gasteiger partial charge in [0.05, 0.1) is 13.2 Å². The third kappa shape index (κ3) is 5.26. The number of pyridine rings is 1. The van der Waals surface area contributed by atoms with Crippen molar-refractivity contribution in [2.75, 3.05) is 41.8 Å². The number of amides is 2. The minimum absolute atomic E-state index is 0.138. The molecule has 0 aliphatic carbocycles. The molecule has 4 rings (SSSR count). The fourth-order valence-electron chi connectivity index (χ4n) is 3.42. The molecule has 1 aliphatic heterocycles. The van der Waals surface area contributed by atoms with E-state index >= 15 is 0 Å². The summed E-state index contributed by atoms with van der Waals surface area (Å²) in [4.78, 5) is 30.6. The largest absolute Gasteiger partial charge is 0.378 e. The first-order chi connectivity index (χ1) is 15.1. The van der Waals surface area contributed by atoms with Crippen LogP contribution in [0.15, 0.2) is 66.9 Å². The Hall–Kier alpha value is -3.71. The number of benzene rings is 2. The van der Waals surface area contributed by atoms with Gasteiger partial charge in [-0.15, -0.1) is 0 Å². The fourth-order valence-corrected chi connectivity index (χ4v) is 3.42. The van der Waals surface area contributed by atoms with Crippen LogP contribution in [-0.4, -0.2) is 43.1 Å². The molecular weight excluding hydrogens is 392 g/mol. The van der Waals surface area contributed by atoms with Crippen molar-refractivity contribution in [3.8, 4) is 11.1 Å². The number of ether oxygens (including phenoxy) is 1. The average Bonchev–Trinajstić information content (AvgIpc) is 2.81. The lowest BCUT2D eigenvalue weighted by Crippen LogP contribution is -2.36. The van der Waals surface area contributed by atoms with Gasteiger partial charge in [0.1, 0.15) is 5.82 Å². The molecule has 1 saturated heterocycles. The molecule has 0 atom stereocenters. The number of morpholine rings is 1. The van der Waals surface area contributed by atoms with Crippen LogP contribution < -0.4 is 15.5 Å². The number of carbonyl (C=O) groups is 2. The lowest BCUT2D eigenvalue weighted by atomic mass is 10.0. The summed E-state index contributed by atoms with van der Waals surface area (Å²) in [5, 5.41) is 5.58. The Bertz CT molecular complexity index is 1060. The van der Waals surface area contributed by atoms with E-state index in [2.05, 4.69) is 20.5 Å². The Kier molecular flexibility index (Phi) is 6.24. The summed E-state index contributed by atoms with van der Waals surface area (Å²) in [5.74, 6) is 0.594. The highest BCUT2D eigenvalue weighted by Crippen LogP contribution is 2.23. The van der Waals surface area contributed by atoms with Crippen molar-refractivity contribution in [1.82, 2.24) is 4.98 Å². The first-order valence-electron chi connectivity index (χ1n) is 10.2. The van der Waals surface area contributed by atoms with Crippen LogP contribution in [0.1, 0.15) is 17.3 Å². The van der Waals surface area contributed by atoms with Crippen LogP contribution in [0.5, 0.6) is 0 Å². The van der Waals surface area contributed by atoms with Gasteiger partial charge in [-0.2, -0.15) is 0 Å². The summed E-state index contributed by atoms with van der Waals surface area (Å²) in [5.41, 5.74) is 3.77. The standard InChI is InChI=1S/C24H24N4O3/c1-17(29)26-21-6-8-22(9-7-21)27-24(30)19-4-2-3-18(15-19)20-5-10-23(25-16-20)28-11-13-31-14-12-28/h2-10,15-16H,11-14H2,1H3,(H,26,29)(H,27,30). The van der Waals surface area contributed by atoms with Crippen LogP contribution in [0.3, 0.4) is 0 Å². The van der Waals surface area contributed by atoms with Gasteiger partial charge in [0.15, 0.2) is 0 Å². The Morgan fingerprint density at radius 2 is 1.61 bits per heavy atom. The number of nitrogens with one attached hydrogen (secondary N) is 2. The molecule has 0 radical (unpaired) electrons. The number of hydrogen-bond acceptors (Lipinski definition) is 5. The highest BCUT2D eigenvalue weighted by molar-refractivity contribution is 6.05. The molecule has 3 aromatic rings. The monoisotopic (exact) mass is 416 g/mol. The molecule has 1 fully saturated rings. The van der Waals surface area contributed by atoms with Crippen molar-refractivity contribution in [3.63, 3.8) is 0 Å². The zero-order valence-corrected chi connectivity index (χ0v) is 17.3. The maximum Gasteiger partial charge on any atom is 0.255 e. The van der Waals surface area contributed by atoms with Crippen molar-refractivity contribution in [2.24, 2.45) is 0 Å². The summed E-state index contributed by atoms with van der Waals surface area (Å²) >= 11 is 0. The molecule has 0 saturated carbocycles. The molecule has 158 valence electrons. The maximum absolute atomic E-state index is 12.7. The van der Waals surface area contributed by atoms with Crippen LogP contribution in [0, 0.1) is 0 Å². The van der Waals surface area contributed by atoms with Crippen molar-refractivity contribution in [2.45, 2.75) is 6.92 Å². The van der Waals surface area contributed by atoms with Crippen LogP contribution in [0.4, 0.5) is 17.2 Å². The van der Waals surface area contributed by atoms with Gasteiger partial charge in [0.25, 0.3) is 5.91 Å². The number of hydrogen-bond donors (Lipinski definition) is 2. The number of rotatable bonds is 5. The van der Waals surface area contributed by atoms with Crippen LogP contribution in [-0.2, 0) is 9.53 Å². The van der Waals surface area contributed by atoms with E-state index in [0.717, 1.165) is 43.2 Å². The van der Waals surface area contributed by atoms with Crippen LogP contribution in [0.25, 0.3) is 11.1 Å². The minimum atomic E-state index is -0.202. The van der Waals surface area contributed by atoms with Crippen molar-refractivity contribution in [3.05, 3.63) is 72.4 Å². The third-order valence-electron chi connectivity index (χ3n) is 5.00. The van der Waals surface area contributed by atoms with Gasteiger partial charge < -0.3 is 20.3 Å². The molecule has 0 spiro atoms. The zero-order valence-electron chi connectivity index (χ0n) is 17.3. The second-order valence-corrected chi connectivity index (χ2v) is 7.30. The van der Waals surface area contributed by atoms with E-state index < -0.39 is 0 Å². The van der Waals surface area contributed by atoms with E-state index in [1.165, 1.54) is 6.92 Å². The summed E-state index contributed by atoms with van der Waals surface area (Å²) in [6.45, 7) is 4.57. The molecule has 1 aliphatic rings. The summed E-state index contributed by atoms with van der Waals surface area (Å²) in [7, 11) is 0. The van der Waals surface area contributed by atoms with Crippen LogP contribution >= 0.6 is 0 Å². The summed E-state index contributed by atoms with van der Waals surface area (Å²) < 4.78 is 5.39. The number of nitrogens with zero attached hydrogens (tertiary/aromatic N) is 2. The minimum Gasteiger partial charge on any atom is -0.378 e. The molecular formula is C24H24N4O3. The molecule has 2 amide bonds. The second kappa shape index (κ2) is 9.40. The molecule has 7 nitrogen and oxygen atoms in total. The van der Waals surface area contributed by atoms with Crippen molar-refractivity contribution >= 4 is 29.0 Å². The topological polar surface area (TPSA) is 83.6 Å². The Labute approximate surface area is 181 Å².